The van der Waals surface area contributed by atoms with Gasteiger partial charge in [-0.15, -0.1) is 0 Å². The van der Waals surface area contributed by atoms with E-state index in [1.165, 1.54) is 12.1 Å². The van der Waals surface area contributed by atoms with Crippen LogP contribution in [0.25, 0.3) is 11.4 Å². The minimum atomic E-state index is -0.283. The summed E-state index contributed by atoms with van der Waals surface area (Å²) in [5.41, 5.74) is 2.39. The van der Waals surface area contributed by atoms with Crippen LogP contribution in [0.15, 0.2) is 53.1 Å². The molecule has 4 rings (SSSR count). The number of likely N-dealkylation sites (tertiary alicyclic amines) is 1. The van der Waals surface area contributed by atoms with E-state index >= 15 is 0 Å². The third kappa shape index (κ3) is 3.91. The standard InChI is InChI=1S/C22H20FN3O/c1-2-26-14-4-7-20(26)22-24-21(25-27-22)18-12-10-16(11-13-18)8-9-17-5-3-6-19(23)15-17/h3,5-6,10-13,15,20H,2,4,7,14H2,1H3. The second-order valence-corrected chi connectivity index (χ2v) is 6.58. The van der Waals surface area contributed by atoms with Crippen molar-refractivity contribution in [3.05, 3.63) is 71.4 Å². The van der Waals surface area contributed by atoms with Gasteiger partial charge >= 0.3 is 0 Å². The van der Waals surface area contributed by atoms with Gasteiger partial charge in [-0.1, -0.05) is 30.0 Å². The molecule has 0 amide bonds. The van der Waals surface area contributed by atoms with Gasteiger partial charge in [0.25, 0.3) is 0 Å². The molecule has 1 aliphatic heterocycles. The number of hydrogen-bond donors (Lipinski definition) is 0. The lowest BCUT2D eigenvalue weighted by atomic mass is 10.1. The first-order chi connectivity index (χ1) is 13.2. The molecular weight excluding hydrogens is 341 g/mol. The summed E-state index contributed by atoms with van der Waals surface area (Å²) < 4.78 is 18.7. The zero-order valence-electron chi connectivity index (χ0n) is 15.2. The number of nitrogens with zero attached hydrogens (tertiary/aromatic N) is 3. The summed E-state index contributed by atoms with van der Waals surface area (Å²) in [5.74, 6) is 7.02. The van der Waals surface area contributed by atoms with Crippen LogP contribution >= 0.6 is 0 Å². The van der Waals surface area contributed by atoms with E-state index in [0.717, 1.165) is 37.1 Å². The van der Waals surface area contributed by atoms with Crippen LogP contribution in [0.1, 0.15) is 42.8 Å². The van der Waals surface area contributed by atoms with Gasteiger partial charge in [-0.3, -0.25) is 4.90 Å². The van der Waals surface area contributed by atoms with Gasteiger partial charge in [-0.05, 0) is 68.4 Å². The summed E-state index contributed by atoms with van der Waals surface area (Å²) >= 11 is 0. The molecule has 3 aromatic rings. The molecule has 0 spiro atoms. The van der Waals surface area contributed by atoms with Gasteiger partial charge in [0.2, 0.25) is 11.7 Å². The zero-order valence-corrected chi connectivity index (χ0v) is 15.2. The Bertz CT molecular complexity index is 985. The quantitative estimate of drug-likeness (QED) is 0.647. The van der Waals surface area contributed by atoms with Crippen molar-refractivity contribution in [1.29, 1.82) is 0 Å². The first-order valence-corrected chi connectivity index (χ1v) is 9.18. The lowest BCUT2D eigenvalue weighted by Gasteiger charge is -2.18. The number of aromatic nitrogens is 2. The summed E-state index contributed by atoms with van der Waals surface area (Å²) in [7, 11) is 0. The minimum absolute atomic E-state index is 0.229. The molecule has 5 heteroatoms. The Balaban J connectivity index is 1.50. The second-order valence-electron chi connectivity index (χ2n) is 6.58. The Morgan fingerprint density at radius 1 is 1.15 bits per heavy atom. The summed E-state index contributed by atoms with van der Waals surface area (Å²) in [6.45, 7) is 4.22. The fourth-order valence-electron chi connectivity index (χ4n) is 3.39. The van der Waals surface area contributed by atoms with E-state index in [9.17, 15) is 4.39 Å². The van der Waals surface area contributed by atoms with E-state index in [4.69, 9.17) is 4.52 Å². The highest BCUT2D eigenvalue weighted by atomic mass is 19.1. The molecule has 0 saturated carbocycles. The average Bonchev–Trinajstić information content (AvgIpc) is 3.36. The maximum atomic E-state index is 13.2. The van der Waals surface area contributed by atoms with Crippen molar-refractivity contribution in [3.63, 3.8) is 0 Å². The van der Waals surface area contributed by atoms with Crippen LogP contribution < -0.4 is 0 Å². The van der Waals surface area contributed by atoms with Crippen molar-refractivity contribution in [2.24, 2.45) is 0 Å². The van der Waals surface area contributed by atoms with Crippen LogP contribution in [0.3, 0.4) is 0 Å². The Morgan fingerprint density at radius 2 is 1.96 bits per heavy atom. The van der Waals surface area contributed by atoms with Crippen molar-refractivity contribution in [1.82, 2.24) is 15.0 Å². The molecule has 1 aliphatic rings. The molecule has 1 atom stereocenters. The van der Waals surface area contributed by atoms with Gasteiger partial charge in [0.05, 0.1) is 6.04 Å². The molecule has 1 aromatic heterocycles. The molecule has 27 heavy (non-hydrogen) atoms. The molecule has 2 heterocycles. The maximum Gasteiger partial charge on any atom is 0.244 e. The van der Waals surface area contributed by atoms with Crippen molar-refractivity contribution >= 4 is 0 Å². The second kappa shape index (κ2) is 7.73. The Kier molecular flexibility index (Phi) is 4.99. The summed E-state index contributed by atoms with van der Waals surface area (Å²) in [4.78, 5) is 6.96. The number of rotatable bonds is 3. The predicted octanol–water partition coefficient (Wildman–Crippen LogP) is 4.43. The Labute approximate surface area is 158 Å². The van der Waals surface area contributed by atoms with E-state index in [1.54, 1.807) is 12.1 Å². The van der Waals surface area contributed by atoms with Gasteiger partial charge < -0.3 is 4.52 Å². The summed E-state index contributed by atoms with van der Waals surface area (Å²) in [5, 5.41) is 4.14. The van der Waals surface area contributed by atoms with Crippen LogP contribution in [0.4, 0.5) is 4.39 Å². The number of hydrogen-bond acceptors (Lipinski definition) is 4. The molecule has 136 valence electrons. The fourth-order valence-corrected chi connectivity index (χ4v) is 3.39. The monoisotopic (exact) mass is 361 g/mol. The normalized spacial score (nSPS) is 16.9. The van der Waals surface area contributed by atoms with Crippen molar-refractivity contribution < 1.29 is 8.91 Å². The molecule has 4 nitrogen and oxygen atoms in total. The SMILES string of the molecule is CCN1CCCC1c1nc(-c2ccc(C#Cc3cccc(F)c3)cc2)no1. The topological polar surface area (TPSA) is 42.2 Å². The highest BCUT2D eigenvalue weighted by Crippen LogP contribution is 2.31. The van der Waals surface area contributed by atoms with Crippen LogP contribution in [0, 0.1) is 17.7 Å². The smallest absolute Gasteiger partial charge is 0.244 e. The predicted molar refractivity (Wildman–Crippen MR) is 101 cm³/mol. The van der Waals surface area contributed by atoms with Crippen LogP contribution in [-0.4, -0.2) is 28.1 Å². The van der Waals surface area contributed by atoms with Gasteiger partial charge in [0, 0.05) is 16.7 Å². The zero-order chi connectivity index (χ0) is 18.6. The van der Waals surface area contributed by atoms with Gasteiger partial charge in [0.15, 0.2) is 0 Å². The summed E-state index contributed by atoms with van der Waals surface area (Å²) in [6, 6.07) is 14.2. The molecule has 1 saturated heterocycles. The molecule has 1 fully saturated rings. The fraction of sp³-hybridized carbons (Fsp3) is 0.273. The van der Waals surface area contributed by atoms with Crippen LogP contribution in [0.2, 0.25) is 0 Å². The van der Waals surface area contributed by atoms with E-state index in [2.05, 4.69) is 33.8 Å². The van der Waals surface area contributed by atoms with Crippen molar-refractivity contribution in [2.45, 2.75) is 25.8 Å². The Hall–Kier alpha value is -2.97. The highest BCUT2D eigenvalue weighted by Gasteiger charge is 2.29. The molecule has 0 aliphatic carbocycles. The minimum Gasteiger partial charge on any atom is -0.337 e. The van der Waals surface area contributed by atoms with Crippen molar-refractivity contribution in [2.75, 3.05) is 13.1 Å². The molecule has 1 unspecified atom stereocenters. The lowest BCUT2D eigenvalue weighted by molar-refractivity contribution is 0.217. The van der Waals surface area contributed by atoms with Crippen LogP contribution in [0.5, 0.6) is 0 Å². The van der Waals surface area contributed by atoms with Crippen molar-refractivity contribution in [3.8, 4) is 23.2 Å². The van der Waals surface area contributed by atoms with E-state index in [0.29, 0.717) is 17.3 Å². The van der Waals surface area contributed by atoms with E-state index in [-0.39, 0.29) is 11.9 Å². The molecule has 0 radical (unpaired) electrons. The first-order valence-electron chi connectivity index (χ1n) is 9.18. The number of halogens is 1. The summed E-state index contributed by atoms with van der Waals surface area (Å²) in [6.07, 6.45) is 2.22. The molecule has 0 bridgehead atoms. The van der Waals surface area contributed by atoms with Gasteiger partial charge in [-0.25, -0.2) is 4.39 Å². The molecule has 0 N–H and O–H groups in total. The van der Waals surface area contributed by atoms with Gasteiger partial charge in [-0.2, -0.15) is 4.98 Å². The Morgan fingerprint density at radius 3 is 2.74 bits per heavy atom. The van der Waals surface area contributed by atoms with Crippen LogP contribution in [-0.2, 0) is 0 Å². The maximum absolute atomic E-state index is 13.2. The highest BCUT2D eigenvalue weighted by molar-refractivity contribution is 5.56. The van der Waals surface area contributed by atoms with E-state index in [1.807, 2.05) is 24.3 Å². The third-order valence-corrected chi connectivity index (χ3v) is 4.82. The third-order valence-electron chi connectivity index (χ3n) is 4.82. The average molecular weight is 361 g/mol. The molecular formula is C22H20FN3O. The first kappa shape index (κ1) is 17.4. The lowest BCUT2D eigenvalue weighted by Crippen LogP contribution is -2.22. The largest absolute Gasteiger partial charge is 0.337 e. The van der Waals surface area contributed by atoms with Gasteiger partial charge in [0.1, 0.15) is 5.82 Å². The number of benzene rings is 2. The molecule has 2 aromatic carbocycles. The van der Waals surface area contributed by atoms with E-state index < -0.39 is 0 Å².